The SMILES string of the molecule is CC(C1CCC1)N1CCC(=O)C1. The summed E-state index contributed by atoms with van der Waals surface area (Å²) in [4.78, 5) is 13.4. The van der Waals surface area contributed by atoms with Crippen LogP contribution in [0.2, 0.25) is 0 Å². The van der Waals surface area contributed by atoms with E-state index in [0.29, 0.717) is 11.8 Å². The molecule has 1 atom stereocenters. The Morgan fingerprint density at radius 3 is 2.67 bits per heavy atom. The molecule has 0 aromatic rings. The zero-order valence-electron chi connectivity index (χ0n) is 7.75. The van der Waals surface area contributed by atoms with Crippen LogP contribution in [-0.2, 0) is 4.79 Å². The predicted octanol–water partition coefficient (Wildman–Crippen LogP) is 1.45. The molecule has 0 aromatic heterocycles. The molecule has 0 N–H and O–H groups in total. The Morgan fingerprint density at radius 1 is 1.50 bits per heavy atom. The third-order valence-electron chi connectivity index (χ3n) is 3.47. The van der Waals surface area contributed by atoms with E-state index in [1.54, 1.807) is 0 Å². The van der Waals surface area contributed by atoms with Crippen molar-refractivity contribution in [3.8, 4) is 0 Å². The van der Waals surface area contributed by atoms with Gasteiger partial charge < -0.3 is 0 Å². The first kappa shape index (κ1) is 8.24. The van der Waals surface area contributed by atoms with Crippen molar-refractivity contribution in [1.29, 1.82) is 0 Å². The predicted molar refractivity (Wildman–Crippen MR) is 48.0 cm³/mol. The first-order valence-corrected chi connectivity index (χ1v) is 5.03. The molecular formula is C10H17NO. The molecule has 2 rings (SSSR count). The maximum Gasteiger partial charge on any atom is 0.148 e. The Kier molecular flexibility index (Phi) is 2.18. The van der Waals surface area contributed by atoms with Crippen molar-refractivity contribution in [3.63, 3.8) is 0 Å². The first-order valence-electron chi connectivity index (χ1n) is 5.03. The van der Waals surface area contributed by atoms with Crippen LogP contribution < -0.4 is 0 Å². The number of nitrogens with zero attached hydrogens (tertiary/aromatic N) is 1. The van der Waals surface area contributed by atoms with Crippen molar-refractivity contribution >= 4 is 5.78 Å². The molecule has 68 valence electrons. The maximum atomic E-state index is 11.0. The van der Waals surface area contributed by atoms with Gasteiger partial charge in [-0.15, -0.1) is 0 Å². The maximum absolute atomic E-state index is 11.0. The van der Waals surface area contributed by atoms with Gasteiger partial charge in [0.2, 0.25) is 0 Å². The van der Waals surface area contributed by atoms with Crippen molar-refractivity contribution in [1.82, 2.24) is 4.90 Å². The molecule has 1 aliphatic carbocycles. The summed E-state index contributed by atoms with van der Waals surface area (Å²) >= 11 is 0. The molecule has 1 heterocycles. The number of carbonyl (C=O) groups excluding carboxylic acids is 1. The minimum atomic E-state index is 0.432. The standard InChI is InChI=1S/C10H17NO/c1-8(9-3-2-4-9)11-6-5-10(12)7-11/h8-9H,2-7H2,1H3. The van der Waals surface area contributed by atoms with Gasteiger partial charge in [-0.1, -0.05) is 6.42 Å². The molecule has 2 nitrogen and oxygen atoms in total. The number of rotatable bonds is 2. The monoisotopic (exact) mass is 167 g/mol. The topological polar surface area (TPSA) is 20.3 Å². The van der Waals surface area contributed by atoms with Crippen molar-refractivity contribution < 1.29 is 4.79 Å². The van der Waals surface area contributed by atoms with Gasteiger partial charge in [0.1, 0.15) is 5.78 Å². The lowest BCUT2D eigenvalue weighted by atomic mass is 9.80. The third kappa shape index (κ3) is 1.40. The van der Waals surface area contributed by atoms with E-state index >= 15 is 0 Å². The van der Waals surface area contributed by atoms with Gasteiger partial charge in [0, 0.05) is 19.0 Å². The smallest absolute Gasteiger partial charge is 0.148 e. The van der Waals surface area contributed by atoms with E-state index < -0.39 is 0 Å². The largest absolute Gasteiger partial charge is 0.298 e. The number of hydrogen-bond acceptors (Lipinski definition) is 2. The summed E-state index contributed by atoms with van der Waals surface area (Å²) in [5.41, 5.74) is 0. The summed E-state index contributed by atoms with van der Waals surface area (Å²) in [6.07, 6.45) is 4.95. The van der Waals surface area contributed by atoms with Crippen LogP contribution in [0.5, 0.6) is 0 Å². The van der Waals surface area contributed by atoms with E-state index in [9.17, 15) is 4.79 Å². The zero-order valence-corrected chi connectivity index (χ0v) is 7.75. The van der Waals surface area contributed by atoms with Gasteiger partial charge in [-0.05, 0) is 25.7 Å². The first-order chi connectivity index (χ1) is 5.77. The van der Waals surface area contributed by atoms with Crippen LogP contribution in [-0.4, -0.2) is 29.8 Å². The lowest BCUT2D eigenvalue weighted by Crippen LogP contribution is -2.39. The second kappa shape index (κ2) is 3.17. The number of Topliss-reactive ketones (excluding diaryl/α,β-unsaturated/α-hetero) is 1. The van der Waals surface area contributed by atoms with Crippen molar-refractivity contribution in [2.24, 2.45) is 5.92 Å². The van der Waals surface area contributed by atoms with E-state index in [2.05, 4.69) is 11.8 Å². The highest BCUT2D eigenvalue weighted by Gasteiger charge is 2.31. The number of hydrogen-bond donors (Lipinski definition) is 0. The zero-order chi connectivity index (χ0) is 8.55. The molecule has 2 heteroatoms. The van der Waals surface area contributed by atoms with Gasteiger partial charge in [-0.2, -0.15) is 0 Å². The quantitative estimate of drug-likeness (QED) is 0.620. The van der Waals surface area contributed by atoms with Gasteiger partial charge in [0.05, 0.1) is 6.54 Å². The lowest BCUT2D eigenvalue weighted by Gasteiger charge is -2.36. The fourth-order valence-corrected chi connectivity index (χ4v) is 2.22. The molecule has 0 radical (unpaired) electrons. The lowest BCUT2D eigenvalue weighted by molar-refractivity contribution is -0.117. The fraction of sp³-hybridized carbons (Fsp3) is 0.900. The van der Waals surface area contributed by atoms with Gasteiger partial charge in [0.15, 0.2) is 0 Å². The number of likely N-dealkylation sites (tertiary alicyclic amines) is 1. The van der Waals surface area contributed by atoms with E-state index in [-0.39, 0.29) is 0 Å². The van der Waals surface area contributed by atoms with Crippen LogP contribution in [0, 0.1) is 5.92 Å². The van der Waals surface area contributed by atoms with Gasteiger partial charge >= 0.3 is 0 Å². The summed E-state index contributed by atoms with van der Waals surface area (Å²) in [6, 6.07) is 0.658. The molecule has 2 fully saturated rings. The highest BCUT2D eigenvalue weighted by Crippen LogP contribution is 2.32. The minimum Gasteiger partial charge on any atom is -0.298 e. The number of carbonyl (C=O) groups is 1. The van der Waals surface area contributed by atoms with Gasteiger partial charge in [-0.3, -0.25) is 9.69 Å². The molecule has 0 aromatic carbocycles. The highest BCUT2D eigenvalue weighted by molar-refractivity contribution is 5.82. The molecule has 0 bridgehead atoms. The van der Waals surface area contributed by atoms with E-state index in [1.165, 1.54) is 19.3 Å². The fourth-order valence-electron chi connectivity index (χ4n) is 2.22. The van der Waals surface area contributed by atoms with Crippen molar-refractivity contribution in [3.05, 3.63) is 0 Å². The van der Waals surface area contributed by atoms with E-state index in [1.807, 2.05) is 0 Å². The average Bonchev–Trinajstić information content (AvgIpc) is 2.31. The second-order valence-electron chi connectivity index (χ2n) is 4.19. The van der Waals surface area contributed by atoms with Crippen LogP contribution in [0.15, 0.2) is 0 Å². The Hall–Kier alpha value is -0.370. The third-order valence-corrected chi connectivity index (χ3v) is 3.47. The molecule has 0 spiro atoms. The second-order valence-corrected chi connectivity index (χ2v) is 4.19. The Morgan fingerprint density at radius 2 is 2.25 bits per heavy atom. The van der Waals surface area contributed by atoms with E-state index in [4.69, 9.17) is 0 Å². The number of ketones is 1. The van der Waals surface area contributed by atoms with Crippen molar-refractivity contribution in [2.45, 2.75) is 38.6 Å². The van der Waals surface area contributed by atoms with Crippen LogP contribution in [0.25, 0.3) is 0 Å². The molecule has 1 aliphatic heterocycles. The molecule has 2 aliphatic rings. The average molecular weight is 167 g/mol. The molecule has 1 unspecified atom stereocenters. The van der Waals surface area contributed by atoms with Crippen LogP contribution in [0.4, 0.5) is 0 Å². The molecule has 0 amide bonds. The summed E-state index contributed by atoms with van der Waals surface area (Å²) in [5, 5.41) is 0. The summed E-state index contributed by atoms with van der Waals surface area (Å²) in [7, 11) is 0. The van der Waals surface area contributed by atoms with E-state index in [0.717, 1.165) is 25.4 Å². The molecular weight excluding hydrogens is 150 g/mol. The molecule has 1 saturated carbocycles. The normalized spacial score (nSPS) is 28.9. The molecule has 1 saturated heterocycles. The summed E-state index contributed by atoms with van der Waals surface area (Å²) in [5.74, 6) is 1.32. The van der Waals surface area contributed by atoms with Crippen molar-refractivity contribution in [2.75, 3.05) is 13.1 Å². The van der Waals surface area contributed by atoms with Gasteiger partial charge in [0.25, 0.3) is 0 Å². The van der Waals surface area contributed by atoms with Crippen LogP contribution >= 0.6 is 0 Å². The molecule has 12 heavy (non-hydrogen) atoms. The highest BCUT2D eigenvalue weighted by atomic mass is 16.1. The van der Waals surface area contributed by atoms with Crippen LogP contribution in [0.1, 0.15) is 32.6 Å². The minimum absolute atomic E-state index is 0.432. The summed E-state index contributed by atoms with van der Waals surface area (Å²) in [6.45, 7) is 4.01. The van der Waals surface area contributed by atoms with Crippen LogP contribution in [0.3, 0.4) is 0 Å². The Labute approximate surface area is 73.9 Å². The Balaban J connectivity index is 1.86. The summed E-state index contributed by atoms with van der Waals surface area (Å²) < 4.78 is 0. The van der Waals surface area contributed by atoms with Gasteiger partial charge in [-0.25, -0.2) is 0 Å². The Bertz CT molecular complexity index is 186.